The van der Waals surface area contributed by atoms with Crippen LogP contribution in [0.15, 0.2) is 66.5 Å². The van der Waals surface area contributed by atoms with E-state index in [-0.39, 0.29) is 22.9 Å². The van der Waals surface area contributed by atoms with Gasteiger partial charge in [0.25, 0.3) is 0 Å². The number of alkyl halides is 3. The van der Waals surface area contributed by atoms with Gasteiger partial charge in [-0.15, -0.1) is 0 Å². The van der Waals surface area contributed by atoms with E-state index in [1.807, 2.05) is 48.6 Å². The fraction of sp³-hybridized carbons (Fsp3) is 0.318. The van der Waals surface area contributed by atoms with Crippen molar-refractivity contribution in [3.8, 4) is 0 Å². The van der Waals surface area contributed by atoms with Gasteiger partial charge in [-0.3, -0.25) is 9.78 Å². The van der Waals surface area contributed by atoms with E-state index in [4.69, 9.17) is 16.3 Å². The van der Waals surface area contributed by atoms with E-state index in [9.17, 15) is 18.0 Å². The normalized spacial score (nSPS) is 20.0. The van der Waals surface area contributed by atoms with E-state index >= 15 is 0 Å². The lowest BCUT2D eigenvalue weighted by molar-refractivity contribution is -0.174. The Hall–Kier alpha value is -2.71. The highest BCUT2D eigenvalue weighted by Crippen LogP contribution is 2.31. The van der Waals surface area contributed by atoms with Gasteiger partial charge >= 0.3 is 12.1 Å². The molecule has 3 atom stereocenters. The third-order valence-electron chi connectivity index (χ3n) is 4.73. The van der Waals surface area contributed by atoms with Gasteiger partial charge in [0.1, 0.15) is 5.69 Å². The molecule has 9 heteroatoms. The van der Waals surface area contributed by atoms with Crippen molar-refractivity contribution in [1.29, 1.82) is 0 Å². The fourth-order valence-electron chi connectivity index (χ4n) is 3.19. The van der Waals surface area contributed by atoms with Crippen molar-refractivity contribution in [2.45, 2.75) is 38.3 Å². The third kappa shape index (κ3) is 6.38. The maximum absolute atomic E-state index is 13.0. The van der Waals surface area contributed by atoms with E-state index in [2.05, 4.69) is 9.97 Å². The molecule has 1 aliphatic rings. The molecule has 31 heavy (non-hydrogen) atoms. The fourth-order valence-corrected chi connectivity index (χ4v) is 3.41. The van der Waals surface area contributed by atoms with Crippen LogP contribution in [0.4, 0.5) is 13.2 Å². The molecule has 1 aromatic carbocycles. The summed E-state index contributed by atoms with van der Waals surface area (Å²) >= 11 is 6.09. The number of carbonyl (C=O) groups excluding carboxylic acids is 1. The van der Waals surface area contributed by atoms with Crippen LogP contribution in [0.3, 0.4) is 0 Å². The predicted octanol–water partition coefficient (Wildman–Crippen LogP) is 4.96. The van der Waals surface area contributed by atoms with Crippen molar-refractivity contribution in [1.82, 2.24) is 15.3 Å². The van der Waals surface area contributed by atoms with Crippen molar-refractivity contribution in [3.05, 3.63) is 82.9 Å². The molecule has 3 rings (SSSR count). The summed E-state index contributed by atoms with van der Waals surface area (Å²) in [5, 5.41) is 1.90. The molecular formula is C22H21ClF3N3O2. The molecule has 5 nitrogen and oxygen atoms in total. The Kier molecular flexibility index (Phi) is 7.46. The average Bonchev–Trinajstić information content (AvgIpc) is 2.92. The summed E-state index contributed by atoms with van der Waals surface area (Å²) in [5.41, 5.74) is 1.39. The van der Waals surface area contributed by atoms with Gasteiger partial charge in [0.15, 0.2) is 5.15 Å². The largest absolute Gasteiger partial charge is 0.471 e. The highest BCUT2D eigenvalue weighted by Gasteiger charge is 2.41. The van der Waals surface area contributed by atoms with Gasteiger partial charge in [-0.05, 0) is 23.5 Å². The number of hydrogen-bond acceptors (Lipinski definition) is 4. The van der Waals surface area contributed by atoms with Crippen LogP contribution in [0.1, 0.15) is 30.6 Å². The predicted molar refractivity (Wildman–Crippen MR) is 110 cm³/mol. The number of benzene rings is 1. The standard InChI is InChI=1S/C22H21ClF3N3O2/c1-14-7-8-16(12-17(11-14)31-13-15-5-3-2-4-6-15)18(29-21(30)22(24,25)26)19-20(23)28-10-9-27-19/h2-10,12,14,17-18H,11,13H2,1H3,(H,29,30). The first-order valence-electron chi connectivity index (χ1n) is 9.63. The van der Waals surface area contributed by atoms with Crippen molar-refractivity contribution < 1.29 is 22.7 Å². The van der Waals surface area contributed by atoms with Gasteiger partial charge in [0.05, 0.1) is 18.8 Å². The molecule has 1 N–H and O–H groups in total. The van der Waals surface area contributed by atoms with Gasteiger partial charge in [0.2, 0.25) is 0 Å². The third-order valence-corrected chi connectivity index (χ3v) is 5.02. The number of nitrogens with zero attached hydrogens (tertiary/aromatic N) is 2. The van der Waals surface area contributed by atoms with Crippen molar-refractivity contribution in [2.75, 3.05) is 0 Å². The van der Waals surface area contributed by atoms with Crippen LogP contribution in [-0.2, 0) is 16.1 Å². The van der Waals surface area contributed by atoms with Crippen molar-refractivity contribution >= 4 is 17.5 Å². The maximum Gasteiger partial charge on any atom is 0.471 e. The summed E-state index contributed by atoms with van der Waals surface area (Å²) in [6.45, 7) is 2.32. The first-order valence-corrected chi connectivity index (χ1v) is 10.0. The summed E-state index contributed by atoms with van der Waals surface area (Å²) in [6.07, 6.45) is 3.04. The van der Waals surface area contributed by atoms with Gasteiger partial charge in [-0.25, -0.2) is 4.98 Å². The minimum Gasteiger partial charge on any atom is -0.369 e. The Morgan fingerprint density at radius 2 is 1.97 bits per heavy atom. The van der Waals surface area contributed by atoms with Crippen LogP contribution in [0.5, 0.6) is 0 Å². The zero-order valence-corrected chi connectivity index (χ0v) is 17.4. The molecule has 1 aromatic heterocycles. The highest BCUT2D eigenvalue weighted by molar-refractivity contribution is 6.30. The molecule has 164 valence electrons. The molecule has 0 bridgehead atoms. The number of halogens is 4. The van der Waals surface area contributed by atoms with E-state index < -0.39 is 18.1 Å². The van der Waals surface area contributed by atoms with Crippen molar-refractivity contribution in [3.63, 3.8) is 0 Å². The summed E-state index contributed by atoms with van der Waals surface area (Å²) in [4.78, 5) is 19.7. The molecule has 3 unspecified atom stereocenters. The Bertz CT molecular complexity index is 964. The first kappa shape index (κ1) is 23.0. The molecule has 1 aliphatic carbocycles. The number of hydrogen-bond donors (Lipinski definition) is 1. The average molecular weight is 452 g/mol. The smallest absolute Gasteiger partial charge is 0.369 e. The molecule has 0 saturated heterocycles. The minimum absolute atomic E-state index is 0.0222. The molecule has 0 fully saturated rings. The Morgan fingerprint density at radius 1 is 1.26 bits per heavy atom. The van der Waals surface area contributed by atoms with Crippen LogP contribution >= 0.6 is 11.6 Å². The molecule has 0 spiro atoms. The lowest BCUT2D eigenvalue weighted by atomic mass is 10.0. The van der Waals surface area contributed by atoms with Crippen LogP contribution in [-0.4, -0.2) is 28.2 Å². The second-order valence-corrected chi connectivity index (χ2v) is 7.57. The minimum atomic E-state index is -5.06. The number of aromatic nitrogens is 2. The lowest BCUT2D eigenvalue weighted by Gasteiger charge is -2.22. The quantitative estimate of drug-likeness (QED) is 0.674. The Morgan fingerprint density at radius 3 is 2.65 bits per heavy atom. The number of rotatable bonds is 6. The Labute approximate surface area is 183 Å². The Balaban J connectivity index is 1.92. The lowest BCUT2D eigenvalue weighted by Crippen LogP contribution is -2.40. The molecule has 0 radical (unpaired) electrons. The number of amides is 1. The first-order chi connectivity index (χ1) is 14.7. The molecule has 1 amide bonds. The maximum atomic E-state index is 13.0. The number of allylic oxidation sites excluding steroid dienone is 1. The number of ether oxygens (including phenoxy) is 1. The van der Waals surface area contributed by atoms with E-state index in [0.717, 1.165) is 5.56 Å². The second kappa shape index (κ2) is 10.1. The molecule has 1 heterocycles. The van der Waals surface area contributed by atoms with Crippen molar-refractivity contribution in [2.24, 2.45) is 5.92 Å². The monoisotopic (exact) mass is 451 g/mol. The summed E-state index contributed by atoms with van der Waals surface area (Å²) in [5.74, 6) is -1.99. The molecule has 2 aromatic rings. The second-order valence-electron chi connectivity index (χ2n) is 7.21. The summed E-state index contributed by atoms with van der Waals surface area (Å²) in [7, 11) is 0. The zero-order valence-electron chi connectivity index (χ0n) is 16.6. The van der Waals surface area contributed by atoms with Crippen LogP contribution < -0.4 is 5.32 Å². The van der Waals surface area contributed by atoms with Crippen LogP contribution in [0, 0.1) is 5.92 Å². The molecule has 0 aliphatic heterocycles. The number of carbonyl (C=O) groups is 1. The van der Waals surface area contributed by atoms with Crippen LogP contribution in [0.25, 0.3) is 0 Å². The van der Waals surface area contributed by atoms with E-state index in [0.29, 0.717) is 18.6 Å². The SMILES string of the molecule is CC1C=CC(C(NC(=O)C(F)(F)F)c2nccnc2Cl)=CC(OCc2ccccc2)C1. The zero-order chi connectivity index (χ0) is 22.4. The van der Waals surface area contributed by atoms with Gasteiger partial charge < -0.3 is 10.1 Å². The number of nitrogens with one attached hydrogen (secondary N) is 1. The summed E-state index contributed by atoms with van der Waals surface area (Å²) in [6, 6.07) is 8.31. The van der Waals surface area contributed by atoms with Gasteiger partial charge in [-0.2, -0.15) is 13.2 Å². The topological polar surface area (TPSA) is 64.1 Å². The van der Waals surface area contributed by atoms with E-state index in [1.165, 1.54) is 12.4 Å². The molecule has 0 saturated carbocycles. The van der Waals surface area contributed by atoms with Gasteiger partial charge in [-0.1, -0.05) is 67.1 Å². The van der Waals surface area contributed by atoms with E-state index in [1.54, 1.807) is 12.2 Å². The molecular weight excluding hydrogens is 431 g/mol. The summed E-state index contributed by atoms with van der Waals surface area (Å²) < 4.78 is 44.9. The highest BCUT2D eigenvalue weighted by atomic mass is 35.5. The van der Waals surface area contributed by atoms with Crippen LogP contribution in [0.2, 0.25) is 5.15 Å². The van der Waals surface area contributed by atoms with Gasteiger partial charge in [0, 0.05) is 12.4 Å².